The van der Waals surface area contributed by atoms with Gasteiger partial charge < -0.3 is 4.74 Å². The van der Waals surface area contributed by atoms with Crippen LogP contribution in [0.1, 0.15) is 11.5 Å². The van der Waals surface area contributed by atoms with Gasteiger partial charge in [0.15, 0.2) is 0 Å². The molecule has 2 saturated carbocycles. The lowest BCUT2D eigenvalue weighted by Crippen LogP contribution is -2.19. The van der Waals surface area contributed by atoms with Gasteiger partial charge in [0.05, 0.1) is 0 Å². The molecule has 2 fully saturated rings. The number of hydrogen-bond acceptors (Lipinski definition) is 1. The Morgan fingerprint density at radius 2 is 1.91 bits per heavy atom. The summed E-state index contributed by atoms with van der Waals surface area (Å²) in [5.74, 6) is 3.88. The molecule has 0 radical (unpaired) electrons. The van der Waals surface area contributed by atoms with Crippen LogP contribution in [0.15, 0.2) is 24.3 Å². The molecule has 0 aromatic heterocycles. The van der Waals surface area contributed by atoms with Crippen molar-refractivity contribution >= 4 is 0 Å². The van der Waals surface area contributed by atoms with Crippen molar-refractivity contribution in [2.45, 2.75) is 12.0 Å². The van der Waals surface area contributed by atoms with E-state index in [1.807, 2.05) is 0 Å². The molecule has 2 heterocycles. The van der Waals surface area contributed by atoms with Crippen LogP contribution in [-0.4, -0.2) is 6.10 Å². The molecular weight excluding hydrogens is 136 g/mol. The van der Waals surface area contributed by atoms with E-state index >= 15 is 0 Å². The predicted molar refractivity (Wildman–Crippen MR) is 40.6 cm³/mol. The summed E-state index contributed by atoms with van der Waals surface area (Å²) in [6.07, 6.45) is 0.620. The largest absolute Gasteiger partial charge is 0.489 e. The van der Waals surface area contributed by atoms with Crippen LogP contribution in [0.3, 0.4) is 0 Å². The first-order valence-electron chi connectivity index (χ1n) is 4.22. The van der Waals surface area contributed by atoms with Crippen LogP contribution in [0.2, 0.25) is 0 Å². The van der Waals surface area contributed by atoms with E-state index in [1.165, 1.54) is 5.56 Å². The summed E-state index contributed by atoms with van der Waals surface area (Å²) in [6.45, 7) is 0. The lowest BCUT2D eigenvalue weighted by Gasteiger charge is -2.23. The average Bonchev–Trinajstić information content (AvgIpc) is 2.92. The van der Waals surface area contributed by atoms with Crippen molar-refractivity contribution in [3.63, 3.8) is 0 Å². The molecule has 11 heavy (non-hydrogen) atoms. The SMILES string of the molecule is c1ccc2c(c1)OC1C3C2C13. The fraction of sp³-hybridized carbons (Fsp3) is 0.400. The summed E-state index contributed by atoms with van der Waals surface area (Å²) in [5, 5.41) is 0. The highest BCUT2D eigenvalue weighted by atomic mass is 16.5. The van der Waals surface area contributed by atoms with Gasteiger partial charge in [-0.05, 0) is 11.6 Å². The van der Waals surface area contributed by atoms with Gasteiger partial charge in [-0.2, -0.15) is 0 Å². The van der Waals surface area contributed by atoms with Crippen molar-refractivity contribution in [3.05, 3.63) is 29.8 Å². The molecule has 5 rings (SSSR count). The Labute approximate surface area is 65.0 Å². The predicted octanol–water partition coefficient (Wildman–Crippen LogP) is 1.79. The topological polar surface area (TPSA) is 9.23 Å². The molecule has 1 aromatic carbocycles. The minimum atomic E-state index is 0.620. The van der Waals surface area contributed by atoms with Gasteiger partial charge in [-0.1, -0.05) is 18.2 Å². The van der Waals surface area contributed by atoms with E-state index in [9.17, 15) is 0 Å². The maximum atomic E-state index is 5.73. The summed E-state index contributed by atoms with van der Waals surface area (Å²) in [4.78, 5) is 0. The van der Waals surface area contributed by atoms with Crippen LogP contribution >= 0.6 is 0 Å². The second-order valence-electron chi connectivity index (χ2n) is 3.80. The molecule has 1 aromatic rings. The molecule has 2 aliphatic carbocycles. The van der Waals surface area contributed by atoms with Crippen molar-refractivity contribution in [2.24, 2.45) is 11.8 Å². The van der Waals surface area contributed by atoms with E-state index in [0.29, 0.717) is 6.10 Å². The molecule has 2 aliphatic heterocycles. The third kappa shape index (κ3) is 0.384. The average molecular weight is 144 g/mol. The van der Waals surface area contributed by atoms with E-state index in [2.05, 4.69) is 24.3 Å². The monoisotopic (exact) mass is 144 g/mol. The quantitative estimate of drug-likeness (QED) is 0.539. The summed E-state index contributed by atoms with van der Waals surface area (Å²) in [7, 11) is 0. The van der Waals surface area contributed by atoms with E-state index in [4.69, 9.17) is 4.74 Å². The summed E-state index contributed by atoms with van der Waals surface area (Å²) >= 11 is 0. The van der Waals surface area contributed by atoms with Gasteiger partial charge in [-0.3, -0.25) is 0 Å². The van der Waals surface area contributed by atoms with Crippen LogP contribution in [0.25, 0.3) is 0 Å². The molecular formula is C10H8O. The lowest BCUT2D eigenvalue weighted by molar-refractivity contribution is 0.207. The normalized spacial score (nSPS) is 46.9. The van der Waals surface area contributed by atoms with Crippen molar-refractivity contribution in [1.29, 1.82) is 0 Å². The highest BCUT2D eigenvalue weighted by molar-refractivity contribution is 5.51. The Hall–Kier alpha value is -0.980. The molecule has 0 N–H and O–H groups in total. The Balaban J connectivity index is 1.99. The van der Waals surface area contributed by atoms with Crippen LogP contribution in [0.5, 0.6) is 5.75 Å². The maximum absolute atomic E-state index is 5.73. The number of rotatable bonds is 0. The van der Waals surface area contributed by atoms with Crippen LogP contribution < -0.4 is 4.74 Å². The summed E-state index contributed by atoms with van der Waals surface area (Å²) in [6, 6.07) is 8.47. The van der Waals surface area contributed by atoms with Gasteiger partial charge in [0, 0.05) is 17.8 Å². The van der Waals surface area contributed by atoms with E-state index in [-0.39, 0.29) is 0 Å². The molecule has 4 aliphatic rings. The number of benzene rings is 1. The van der Waals surface area contributed by atoms with Crippen molar-refractivity contribution in [1.82, 2.24) is 0 Å². The minimum absolute atomic E-state index is 0.620. The third-order valence-electron chi connectivity index (χ3n) is 3.29. The van der Waals surface area contributed by atoms with E-state index in [0.717, 1.165) is 23.5 Å². The van der Waals surface area contributed by atoms with Crippen LogP contribution in [-0.2, 0) is 0 Å². The molecule has 1 heteroatoms. The molecule has 0 spiro atoms. The van der Waals surface area contributed by atoms with Gasteiger partial charge in [-0.25, -0.2) is 0 Å². The zero-order valence-electron chi connectivity index (χ0n) is 6.03. The molecule has 0 saturated heterocycles. The van der Waals surface area contributed by atoms with Crippen molar-refractivity contribution < 1.29 is 4.74 Å². The van der Waals surface area contributed by atoms with Crippen molar-refractivity contribution in [2.75, 3.05) is 0 Å². The third-order valence-corrected chi connectivity index (χ3v) is 3.29. The van der Waals surface area contributed by atoms with E-state index < -0.39 is 0 Å². The highest BCUT2D eigenvalue weighted by Crippen LogP contribution is 2.78. The van der Waals surface area contributed by atoms with E-state index in [1.54, 1.807) is 0 Å². The fourth-order valence-electron chi connectivity index (χ4n) is 2.53. The molecule has 54 valence electrons. The second kappa shape index (κ2) is 1.20. The Morgan fingerprint density at radius 3 is 2.82 bits per heavy atom. The standard InChI is InChI=1S/C10H8O/c1-2-4-6-5(3-1)7-8-9(7)10(8)11-6/h1-4,7-10H. The van der Waals surface area contributed by atoms with Gasteiger partial charge in [-0.15, -0.1) is 0 Å². The van der Waals surface area contributed by atoms with Crippen LogP contribution in [0.4, 0.5) is 0 Å². The number of ether oxygens (including phenoxy) is 1. The zero-order valence-corrected chi connectivity index (χ0v) is 6.03. The van der Waals surface area contributed by atoms with Crippen molar-refractivity contribution in [3.8, 4) is 5.75 Å². The fourth-order valence-corrected chi connectivity index (χ4v) is 2.53. The maximum Gasteiger partial charge on any atom is 0.123 e. The smallest absolute Gasteiger partial charge is 0.123 e. The lowest BCUT2D eigenvalue weighted by atomic mass is 9.98. The van der Waals surface area contributed by atoms with Gasteiger partial charge in [0.2, 0.25) is 0 Å². The zero-order chi connectivity index (χ0) is 7.00. The Kier molecular flexibility index (Phi) is 0.523. The Morgan fingerprint density at radius 1 is 1.09 bits per heavy atom. The minimum Gasteiger partial charge on any atom is -0.489 e. The molecule has 1 nitrogen and oxygen atoms in total. The first-order valence-corrected chi connectivity index (χ1v) is 4.22. The molecule has 0 amide bonds. The first-order chi connectivity index (χ1) is 5.47. The summed E-state index contributed by atoms with van der Waals surface area (Å²) in [5.41, 5.74) is 1.46. The van der Waals surface area contributed by atoms with Crippen LogP contribution in [0, 0.1) is 11.8 Å². The number of hydrogen-bond donors (Lipinski definition) is 0. The highest BCUT2D eigenvalue weighted by Gasteiger charge is 2.78. The summed E-state index contributed by atoms with van der Waals surface area (Å²) < 4.78 is 5.73. The van der Waals surface area contributed by atoms with Gasteiger partial charge >= 0.3 is 0 Å². The first kappa shape index (κ1) is 4.81. The second-order valence-corrected chi connectivity index (χ2v) is 3.80. The molecule has 2 bridgehead atoms. The molecule has 2 unspecified atom stereocenters. The molecule has 2 atom stereocenters. The number of para-hydroxylation sites is 1. The van der Waals surface area contributed by atoms with Gasteiger partial charge in [0.25, 0.3) is 0 Å². The van der Waals surface area contributed by atoms with Gasteiger partial charge in [0.1, 0.15) is 11.9 Å². The Bertz CT molecular complexity index is 328.